The normalized spacial score (nSPS) is 10.3. The number of hydrogen-bond donors (Lipinski definition) is 3. The maximum absolute atomic E-state index is 8.28. The number of nitrogens with zero attached hydrogens (tertiary/aromatic N) is 2. The van der Waals surface area contributed by atoms with Crippen LogP contribution in [-0.2, 0) is 0 Å². The number of anilines is 2. The van der Waals surface area contributed by atoms with E-state index in [2.05, 4.69) is 22.2 Å². The number of hydrogen-bond acceptors (Lipinski definition) is 5. The zero-order valence-corrected chi connectivity index (χ0v) is 11.8. The first-order valence-corrected chi connectivity index (χ1v) is 6.64. The van der Waals surface area contributed by atoms with E-state index in [-0.39, 0.29) is 0 Å². The second kappa shape index (κ2) is 6.14. The molecule has 0 saturated carbocycles. The molecule has 0 atom stereocenters. The smallest absolute Gasteiger partial charge is 0.126 e. The monoisotopic (exact) mass is 269 g/mol. The molecule has 2 heterocycles. The van der Waals surface area contributed by atoms with E-state index in [0.29, 0.717) is 22.7 Å². The summed E-state index contributed by atoms with van der Waals surface area (Å²) in [6.07, 6.45) is 2.61. The fraction of sp³-hybridized carbons (Fsp3) is 0.267. The summed E-state index contributed by atoms with van der Waals surface area (Å²) in [4.78, 5) is 8.56. The van der Waals surface area contributed by atoms with Gasteiger partial charge in [-0.25, -0.2) is 4.98 Å². The molecule has 0 unspecified atom stereocenters. The van der Waals surface area contributed by atoms with Gasteiger partial charge in [0.1, 0.15) is 5.82 Å². The Morgan fingerprint density at radius 1 is 1.40 bits per heavy atom. The molecule has 5 nitrogen and oxygen atoms in total. The Morgan fingerprint density at radius 2 is 2.20 bits per heavy atom. The molecule has 2 rings (SSSR count). The van der Waals surface area contributed by atoms with Crippen molar-refractivity contribution in [1.82, 2.24) is 9.97 Å². The predicted octanol–water partition coefficient (Wildman–Crippen LogP) is 2.61. The highest BCUT2D eigenvalue weighted by atomic mass is 15.0. The van der Waals surface area contributed by atoms with Crippen LogP contribution < -0.4 is 11.1 Å². The topological polar surface area (TPSA) is 87.7 Å². The van der Waals surface area contributed by atoms with Crippen LogP contribution in [-0.4, -0.2) is 22.2 Å². The van der Waals surface area contributed by atoms with E-state index in [9.17, 15) is 0 Å². The van der Waals surface area contributed by atoms with Crippen LogP contribution in [0.5, 0.6) is 0 Å². The molecule has 5 heteroatoms. The van der Waals surface area contributed by atoms with E-state index in [0.717, 1.165) is 24.5 Å². The van der Waals surface area contributed by atoms with Crippen molar-refractivity contribution < 1.29 is 0 Å². The van der Waals surface area contributed by atoms with E-state index >= 15 is 0 Å². The Kier molecular flexibility index (Phi) is 4.30. The summed E-state index contributed by atoms with van der Waals surface area (Å²) in [5, 5.41) is 11.5. The minimum absolute atomic E-state index is 0.313. The first-order chi connectivity index (χ1) is 9.61. The molecule has 0 fully saturated rings. The van der Waals surface area contributed by atoms with Crippen molar-refractivity contribution in [2.75, 3.05) is 17.6 Å². The Bertz CT molecular complexity index is 621. The summed E-state index contributed by atoms with van der Waals surface area (Å²) < 4.78 is 0. The van der Waals surface area contributed by atoms with Gasteiger partial charge in [-0.15, -0.1) is 0 Å². The van der Waals surface area contributed by atoms with Crippen LogP contribution >= 0.6 is 0 Å². The molecule has 0 aliphatic carbocycles. The lowest BCUT2D eigenvalue weighted by atomic mass is 10.1. The summed E-state index contributed by atoms with van der Waals surface area (Å²) in [5.74, 6) is 0.776. The summed E-state index contributed by atoms with van der Waals surface area (Å²) >= 11 is 0. The quantitative estimate of drug-likeness (QED) is 0.728. The van der Waals surface area contributed by atoms with Crippen molar-refractivity contribution in [3.63, 3.8) is 0 Å². The summed E-state index contributed by atoms with van der Waals surface area (Å²) in [6, 6.07) is 7.41. The number of nitrogens with two attached hydrogens (primary N) is 1. The highest BCUT2D eigenvalue weighted by Crippen LogP contribution is 2.16. The maximum atomic E-state index is 8.28. The predicted molar refractivity (Wildman–Crippen MR) is 82.3 cm³/mol. The molecular formula is C15H19N5. The highest BCUT2D eigenvalue weighted by molar-refractivity contribution is 6.12. The van der Waals surface area contributed by atoms with Crippen molar-refractivity contribution in [3.05, 3.63) is 47.4 Å². The molecule has 104 valence electrons. The van der Waals surface area contributed by atoms with Gasteiger partial charge in [0, 0.05) is 17.8 Å². The Balaban J connectivity index is 2.31. The molecule has 0 bridgehead atoms. The molecule has 0 aliphatic heterocycles. The molecule has 2 aromatic rings. The van der Waals surface area contributed by atoms with Gasteiger partial charge in [-0.3, -0.25) is 10.4 Å². The van der Waals surface area contributed by atoms with Gasteiger partial charge < -0.3 is 11.1 Å². The zero-order valence-electron chi connectivity index (χ0n) is 11.8. The minimum atomic E-state index is 0.313. The van der Waals surface area contributed by atoms with E-state index < -0.39 is 0 Å². The summed E-state index contributed by atoms with van der Waals surface area (Å²) in [6.45, 7) is 4.84. The third-order valence-electron chi connectivity index (χ3n) is 2.90. The van der Waals surface area contributed by atoms with E-state index in [1.165, 1.54) is 0 Å². The summed E-state index contributed by atoms with van der Waals surface area (Å²) in [5.41, 5.74) is 8.80. The molecule has 0 radical (unpaired) electrons. The fourth-order valence-corrected chi connectivity index (χ4v) is 1.85. The fourth-order valence-electron chi connectivity index (χ4n) is 1.85. The second-order valence-electron chi connectivity index (χ2n) is 4.62. The van der Waals surface area contributed by atoms with Gasteiger partial charge in [-0.05, 0) is 31.5 Å². The standard InChI is InChI=1S/C15H19N5/c1-3-7-18-14-6-4-5-13(20-14)15(17)11-8-10(2)19-9-12(11)16/h4-6,8-9,17H,3,7,16H2,1-2H3,(H,18,20). The van der Waals surface area contributed by atoms with E-state index in [4.69, 9.17) is 11.1 Å². The van der Waals surface area contributed by atoms with Crippen LogP contribution in [0.2, 0.25) is 0 Å². The van der Waals surface area contributed by atoms with Crippen LogP contribution in [0.15, 0.2) is 30.5 Å². The summed E-state index contributed by atoms with van der Waals surface area (Å²) in [7, 11) is 0. The van der Waals surface area contributed by atoms with E-state index in [1.54, 1.807) is 6.20 Å². The van der Waals surface area contributed by atoms with Crippen molar-refractivity contribution in [2.45, 2.75) is 20.3 Å². The van der Waals surface area contributed by atoms with Gasteiger partial charge in [-0.2, -0.15) is 0 Å². The van der Waals surface area contributed by atoms with Gasteiger partial charge in [0.2, 0.25) is 0 Å². The molecule has 0 amide bonds. The molecular weight excluding hydrogens is 250 g/mol. The lowest BCUT2D eigenvalue weighted by Gasteiger charge is -2.10. The first-order valence-electron chi connectivity index (χ1n) is 6.64. The van der Waals surface area contributed by atoms with Crippen LogP contribution in [0.25, 0.3) is 0 Å². The number of pyridine rings is 2. The number of rotatable bonds is 5. The average molecular weight is 269 g/mol. The molecule has 0 saturated heterocycles. The van der Waals surface area contributed by atoms with Crippen LogP contribution in [0.1, 0.15) is 30.3 Å². The van der Waals surface area contributed by atoms with Gasteiger partial charge in [0.15, 0.2) is 0 Å². The van der Waals surface area contributed by atoms with Gasteiger partial charge >= 0.3 is 0 Å². The van der Waals surface area contributed by atoms with Gasteiger partial charge in [0.05, 0.1) is 23.3 Å². The van der Waals surface area contributed by atoms with Gasteiger partial charge in [0.25, 0.3) is 0 Å². The third-order valence-corrected chi connectivity index (χ3v) is 2.90. The molecule has 2 aromatic heterocycles. The molecule has 0 aliphatic rings. The number of aryl methyl sites for hydroxylation is 1. The highest BCUT2D eigenvalue weighted by Gasteiger charge is 2.11. The Labute approximate surface area is 118 Å². The Morgan fingerprint density at radius 3 is 2.95 bits per heavy atom. The van der Waals surface area contributed by atoms with Crippen LogP contribution in [0.4, 0.5) is 11.5 Å². The number of aromatic nitrogens is 2. The number of nitrogens with one attached hydrogen (secondary N) is 2. The van der Waals surface area contributed by atoms with Crippen molar-refractivity contribution in [1.29, 1.82) is 5.41 Å². The second-order valence-corrected chi connectivity index (χ2v) is 4.62. The SMILES string of the molecule is CCCNc1cccc(C(=N)c2cc(C)ncc2N)n1. The van der Waals surface area contributed by atoms with Crippen LogP contribution in [0, 0.1) is 12.3 Å². The van der Waals surface area contributed by atoms with Crippen molar-refractivity contribution >= 4 is 17.2 Å². The van der Waals surface area contributed by atoms with E-state index in [1.807, 2.05) is 31.2 Å². The minimum Gasteiger partial charge on any atom is -0.397 e. The molecule has 0 aromatic carbocycles. The lowest BCUT2D eigenvalue weighted by Crippen LogP contribution is -2.10. The lowest BCUT2D eigenvalue weighted by molar-refractivity contribution is 0.968. The number of nitrogen functional groups attached to an aromatic ring is 1. The van der Waals surface area contributed by atoms with Crippen LogP contribution in [0.3, 0.4) is 0 Å². The average Bonchev–Trinajstić information content (AvgIpc) is 2.47. The van der Waals surface area contributed by atoms with Crippen molar-refractivity contribution in [3.8, 4) is 0 Å². The van der Waals surface area contributed by atoms with Gasteiger partial charge in [-0.1, -0.05) is 13.0 Å². The van der Waals surface area contributed by atoms with Crippen molar-refractivity contribution in [2.24, 2.45) is 0 Å². The maximum Gasteiger partial charge on any atom is 0.126 e. The Hall–Kier alpha value is -2.43. The largest absolute Gasteiger partial charge is 0.397 e. The zero-order chi connectivity index (χ0) is 14.5. The molecule has 0 spiro atoms. The third kappa shape index (κ3) is 3.12. The molecule has 20 heavy (non-hydrogen) atoms. The first kappa shape index (κ1) is 14.0. The molecule has 4 N–H and O–H groups in total.